The predicted octanol–water partition coefficient (Wildman–Crippen LogP) is 4.75. The first-order valence-corrected chi connectivity index (χ1v) is 7.86. The van der Waals surface area contributed by atoms with Crippen LogP contribution in [0.2, 0.25) is 0 Å². The normalized spacial score (nSPS) is 12.8. The molecule has 2 aromatic rings. The van der Waals surface area contributed by atoms with Gasteiger partial charge in [-0.2, -0.15) is 0 Å². The fraction of sp³-hybridized carbons (Fsp3) is 0.188. The molecule has 0 unspecified atom stereocenters. The lowest BCUT2D eigenvalue weighted by Crippen LogP contribution is -2.19. The molecule has 0 saturated carbocycles. The number of hydrogen-bond donors (Lipinski definition) is 2. The molecule has 2 nitrogen and oxygen atoms in total. The molecule has 0 radical (unpaired) electrons. The van der Waals surface area contributed by atoms with Gasteiger partial charge in [0.2, 0.25) is 0 Å². The highest BCUT2D eigenvalue weighted by atomic mass is 79.9. The molecule has 0 heterocycles. The Morgan fingerprint density at radius 1 is 0.900 bits per heavy atom. The minimum atomic E-state index is 0.616. The molecule has 1 aliphatic rings. The number of anilines is 2. The number of halogens is 1. The molecule has 2 N–H and O–H groups in total. The van der Waals surface area contributed by atoms with E-state index >= 15 is 0 Å². The van der Waals surface area contributed by atoms with Gasteiger partial charge in [-0.3, -0.25) is 0 Å². The average Bonchev–Trinajstić information content (AvgIpc) is 2.89. The van der Waals surface area contributed by atoms with E-state index in [1.807, 2.05) is 24.3 Å². The van der Waals surface area contributed by atoms with Crippen LogP contribution in [0.5, 0.6) is 0 Å². The van der Waals surface area contributed by atoms with Crippen molar-refractivity contribution < 1.29 is 0 Å². The van der Waals surface area contributed by atoms with E-state index in [1.54, 1.807) is 0 Å². The standard InChI is InChI=1S/C16H15BrN2S/c17-13-5-8-14(9-6-13)18-16(20)19-15-7-4-11-2-1-3-12(11)10-15/h4-10H,1-3H2,(H2,18,19,20). The lowest BCUT2D eigenvalue weighted by atomic mass is 10.1. The van der Waals surface area contributed by atoms with Crippen LogP contribution in [0, 0.1) is 0 Å². The summed E-state index contributed by atoms with van der Waals surface area (Å²) in [6.07, 6.45) is 3.65. The number of benzene rings is 2. The first-order chi connectivity index (χ1) is 9.70. The van der Waals surface area contributed by atoms with Crippen LogP contribution in [0.15, 0.2) is 46.9 Å². The van der Waals surface area contributed by atoms with Gasteiger partial charge < -0.3 is 10.6 Å². The Hall–Kier alpha value is -1.39. The van der Waals surface area contributed by atoms with Gasteiger partial charge in [-0.1, -0.05) is 22.0 Å². The number of rotatable bonds is 2. The van der Waals surface area contributed by atoms with Crippen LogP contribution in [0.3, 0.4) is 0 Å². The van der Waals surface area contributed by atoms with Crippen LogP contribution >= 0.6 is 28.1 Å². The molecule has 0 aromatic heterocycles. The minimum absolute atomic E-state index is 0.616. The number of aryl methyl sites for hydroxylation is 2. The molecule has 0 aliphatic heterocycles. The van der Waals surface area contributed by atoms with Gasteiger partial charge in [-0.25, -0.2) is 0 Å². The molecular formula is C16H15BrN2S. The van der Waals surface area contributed by atoms with E-state index in [1.165, 1.54) is 30.4 Å². The van der Waals surface area contributed by atoms with E-state index in [0.717, 1.165) is 15.8 Å². The summed E-state index contributed by atoms with van der Waals surface area (Å²) in [7, 11) is 0. The molecule has 0 amide bonds. The highest BCUT2D eigenvalue weighted by Crippen LogP contribution is 2.25. The second kappa shape index (κ2) is 5.94. The Morgan fingerprint density at radius 3 is 2.35 bits per heavy atom. The van der Waals surface area contributed by atoms with Crippen molar-refractivity contribution in [3.63, 3.8) is 0 Å². The summed E-state index contributed by atoms with van der Waals surface area (Å²) < 4.78 is 1.06. The lowest BCUT2D eigenvalue weighted by molar-refractivity contribution is 0.912. The van der Waals surface area contributed by atoms with Gasteiger partial charge in [0.25, 0.3) is 0 Å². The third-order valence-electron chi connectivity index (χ3n) is 3.46. The van der Waals surface area contributed by atoms with E-state index in [-0.39, 0.29) is 0 Å². The van der Waals surface area contributed by atoms with Crippen molar-refractivity contribution in [3.05, 3.63) is 58.1 Å². The average molecular weight is 347 g/mol. The van der Waals surface area contributed by atoms with Crippen molar-refractivity contribution >= 4 is 44.6 Å². The van der Waals surface area contributed by atoms with Crippen LogP contribution in [0.25, 0.3) is 0 Å². The highest BCUT2D eigenvalue weighted by Gasteiger charge is 2.11. The van der Waals surface area contributed by atoms with E-state index in [4.69, 9.17) is 12.2 Å². The van der Waals surface area contributed by atoms with Gasteiger partial charge in [-0.05, 0) is 79.0 Å². The molecule has 4 heteroatoms. The number of hydrogen-bond acceptors (Lipinski definition) is 1. The molecule has 20 heavy (non-hydrogen) atoms. The summed E-state index contributed by atoms with van der Waals surface area (Å²) in [4.78, 5) is 0. The zero-order valence-corrected chi connectivity index (χ0v) is 13.4. The summed E-state index contributed by atoms with van der Waals surface area (Å²) in [6, 6.07) is 14.5. The summed E-state index contributed by atoms with van der Waals surface area (Å²) in [5.41, 5.74) is 4.95. The van der Waals surface area contributed by atoms with Crippen LogP contribution in [-0.4, -0.2) is 5.11 Å². The monoisotopic (exact) mass is 346 g/mol. The second-order valence-electron chi connectivity index (χ2n) is 4.92. The smallest absolute Gasteiger partial charge is 0.175 e. The lowest BCUT2D eigenvalue weighted by Gasteiger charge is -2.11. The van der Waals surface area contributed by atoms with Crippen LogP contribution in [-0.2, 0) is 12.8 Å². The largest absolute Gasteiger partial charge is 0.332 e. The summed E-state index contributed by atoms with van der Waals surface area (Å²) in [5.74, 6) is 0. The molecule has 0 atom stereocenters. The molecule has 3 rings (SSSR count). The van der Waals surface area contributed by atoms with Crippen LogP contribution in [0.1, 0.15) is 17.5 Å². The molecule has 0 saturated heterocycles. The van der Waals surface area contributed by atoms with Crippen molar-refractivity contribution in [1.82, 2.24) is 0 Å². The quantitative estimate of drug-likeness (QED) is 0.767. The van der Waals surface area contributed by atoms with Gasteiger partial charge in [0.05, 0.1) is 0 Å². The Bertz CT molecular complexity index is 637. The zero-order chi connectivity index (χ0) is 13.9. The Kier molecular flexibility index (Phi) is 4.03. The van der Waals surface area contributed by atoms with Crippen molar-refractivity contribution in [3.8, 4) is 0 Å². The summed E-state index contributed by atoms with van der Waals surface area (Å²) in [5, 5.41) is 7.04. The van der Waals surface area contributed by atoms with Crippen molar-refractivity contribution in [2.24, 2.45) is 0 Å². The highest BCUT2D eigenvalue weighted by molar-refractivity contribution is 9.10. The zero-order valence-electron chi connectivity index (χ0n) is 10.9. The minimum Gasteiger partial charge on any atom is -0.332 e. The molecule has 1 aliphatic carbocycles. The van der Waals surface area contributed by atoms with Gasteiger partial charge in [0, 0.05) is 15.8 Å². The van der Waals surface area contributed by atoms with Gasteiger partial charge in [0.1, 0.15) is 0 Å². The fourth-order valence-electron chi connectivity index (χ4n) is 2.48. The van der Waals surface area contributed by atoms with Crippen LogP contribution < -0.4 is 10.6 Å². The third-order valence-corrected chi connectivity index (χ3v) is 4.19. The molecular weight excluding hydrogens is 332 g/mol. The maximum Gasteiger partial charge on any atom is 0.175 e. The second-order valence-corrected chi connectivity index (χ2v) is 6.25. The topological polar surface area (TPSA) is 24.1 Å². The number of nitrogens with one attached hydrogen (secondary N) is 2. The van der Waals surface area contributed by atoms with Crippen LogP contribution in [0.4, 0.5) is 11.4 Å². The molecule has 0 spiro atoms. The number of thiocarbonyl (C=S) groups is 1. The van der Waals surface area contributed by atoms with Crippen molar-refractivity contribution in [1.29, 1.82) is 0 Å². The SMILES string of the molecule is S=C(Nc1ccc(Br)cc1)Nc1ccc2c(c1)CCC2. The van der Waals surface area contributed by atoms with Gasteiger partial charge >= 0.3 is 0 Å². The molecule has 0 fully saturated rings. The first-order valence-electron chi connectivity index (χ1n) is 6.66. The Balaban J connectivity index is 1.65. The van der Waals surface area contributed by atoms with E-state index in [9.17, 15) is 0 Å². The van der Waals surface area contributed by atoms with E-state index in [0.29, 0.717) is 5.11 Å². The first kappa shape index (κ1) is 13.6. The molecule has 0 bridgehead atoms. The van der Waals surface area contributed by atoms with E-state index < -0.39 is 0 Å². The fourth-order valence-corrected chi connectivity index (χ4v) is 2.98. The van der Waals surface area contributed by atoms with Crippen molar-refractivity contribution in [2.45, 2.75) is 19.3 Å². The van der Waals surface area contributed by atoms with E-state index in [2.05, 4.69) is 44.8 Å². The maximum atomic E-state index is 5.34. The third kappa shape index (κ3) is 3.19. The van der Waals surface area contributed by atoms with Crippen molar-refractivity contribution in [2.75, 3.05) is 10.6 Å². The van der Waals surface area contributed by atoms with Gasteiger partial charge in [0.15, 0.2) is 5.11 Å². The molecule has 102 valence electrons. The number of fused-ring (bicyclic) bond motifs is 1. The predicted molar refractivity (Wildman–Crippen MR) is 92.5 cm³/mol. The maximum absolute atomic E-state index is 5.34. The summed E-state index contributed by atoms with van der Waals surface area (Å²) in [6.45, 7) is 0. The Morgan fingerprint density at radius 2 is 1.55 bits per heavy atom. The molecule has 2 aromatic carbocycles. The van der Waals surface area contributed by atoms with Gasteiger partial charge in [-0.15, -0.1) is 0 Å². The summed E-state index contributed by atoms with van der Waals surface area (Å²) >= 11 is 8.76. The Labute approximate surface area is 132 Å².